The minimum atomic E-state index is -0.306. The van der Waals surface area contributed by atoms with E-state index in [1.165, 1.54) is 4.90 Å². The molecular weight excluding hydrogens is 376 g/mol. The summed E-state index contributed by atoms with van der Waals surface area (Å²) in [4.78, 5) is 33.6. The quantitative estimate of drug-likeness (QED) is 0.735. The molecule has 6 rings (SSSR count). The molecule has 0 aromatic heterocycles. The van der Waals surface area contributed by atoms with E-state index >= 15 is 0 Å². The zero-order valence-electron chi connectivity index (χ0n) is 14.9. The van der Waals surface area contributed by atoms with Gasteiger partial charge >= 0.3 is 0 Å². The first-order valence-corrected chi connectivity index (χ1v) is 9.96. The summed E-state index contributed by atoms with van der Waals surface area (Å²) >= 11 is 6.40. The van der Waals surface area contributed by atoms with Gasteiger partial charge in [-0.3, -0.25) is 14.5 Å². The number of rotatable bonds is 2. The molecule has 2 bridgehead atoms. The molecule has 0 radical (unpaired) electrons. The monoisotopic (exact) mass is 392 g/mol. The van der Waals surface area contributed by atoms with Crippen LogP contribution in [0.2, 0.25) is 5.02 Å². The second-order valence-corrected chi connectivity index (χ2v) is 8.42. The molecule has 0 spiro atoms. The van der Waals surface area contributed by atoms with E-state index in [-0.39, 0.29) is 47.5 Å². The van der Waals surface area contributed by atoms with Crippen LogP contribution in [0.25, 0.3) is 0 Å². The number of benzene rings is 2. The Morgan fingerprint density at radius 2 is 1.57 bits per heavy atom. The summed E-state index contributed by atoms with van der Waals surface area (Å²) < 4.78 is 0. The fourth-order valence-electron chi connectivity index (χ4n) is 5.85. The van der Waals surface area contributed by atoms with Gasteiger partial charge in [0.15, 0.2) is 0 Å². The molecule has 5 nitrogen and oxygen atoms in total. The zero-order valence-corrected chi connectivity index (χ0v) is 15.6. The van der Waals surface area contributed by atoms with Gasteiger partial charge in [-0.15, -0.1) is 0 Å². The Bertz CT molecular complexity index is 1040. The predicted octanol–water partition coefficient (Wildman–Crippen LogP) is 3.51. The molecule has 28 heavy (non-hydrogen) atoms. The largest absolute Gasteiger partial charge is 0.391 e. The molecule has 2 saturated carbocycles. The lowest BCUT2D eigenvalue weighted by atomic mass is 9.71. The maximum atomic E-state index is 13.3. The summed E-state index contributed by atoms with van der Waals surface area (Å²) in [6.45, 7) is 0. The molecule has 2 amide bonds. The summed E-state index contributed by atoms with van der Waals surface area (Å²) in [5, 5.41) is 4.97. The van der Waals surface area contributed by atoms with E-state index in [0.29, 0.717) is 10.7 Å². The number of hydrogen-bond acceptors (Lipinski definition) is 4. The molecule has 4 aliphatic rings. The Kier molecular flexibility index (Phi) is 3.30. The molecule has 1 saturated heterocycles. The number of fused-ring (bicyclic) bond motifs is 8. The highest BCUT2D eigenvalue weighted by Gasteiger charge is 2.70. The summed E-state index contributed by atoms with van der Waals surface area (Å²) in [5.41, 5.74) is 2.33. The number of carbonyl (C=O) groups is 2. The van der Waals surface area contributed by atoms with Crippen LogP contribution in [0, 0.1) is 29.6 Å². The third kappa shape index (κ3) is 1.95. The Hall–Kier alpha value is -2.66. The first-order valence-electron chi connectivity index (χ1n) is 9.58. The van der Waals surface area contributed by atoms with Crippen molar-refractivity contribution in [2.45, 2.75) is 12.5 Å². The van der Waals surface area contributed by atoms with E-state index in [4.69, 9.17) is 16.4 Å². The van der Waals surface area contributed by atoms with Crippen molar-refractivity contribution in [2.75, 3.05) is 4.90 Å². The van der Waals surface area contributed by atoms with Crippen LogP contribution in [0.4, 0.5) is 5.69 Å². The molecule has 6 heteroatoms. The minimum absolute atomic E-state index is 0.0126. The maximum Gasteiger partial charge on any atom is 0.238 e. The van der Waals surface area contributed by atoms with E-state index in [2.05, 4.69) is 5.16 Å². The van der Waals surface area contributed by atoms with Gasteiger partial charge in [0.1, 0.15) is 6.10 Å². The van der Waals surface area contributed by atoms with Crippen LogP contribution in [0.5, 0.6) is 0 Å². The predicted molar refractivity (Wildman–Crippen MR) is 104 cm³/mol. The number of imide groups is 1. The molecule has 2 aromatic rings. The molecule has 6 atom stereocenters. The number of nitrogens with zero attached hydrogens (tertiary/aromatic N) is 2. The van der Waals surface area contributed by atoms with E-state index in [1.807, 2.05) is 54.6 Å². The molecule has 2 aromatic carbocycles. The number of halogens is 1. The SMILES string of the molecule is O=C1[C@@H]2[C@@H]3C[C@H]([C@H]4ON=C(c5ccccc5Cl)[C@H]34)[C@@H]2C(=O)N1c1ccccc1. The van der Waals surface area contributed by atoms with E-state index < -0.39 is 0 Å². The smallest absolute Gasteiger partial charge is 0.238 e. The van der Waals surface area contributed by atoms with Gasteiger partial charge in [0, 0.05) is 22.4 Å². The van der Waals surface area contributed by atoms with Crippen LogP contribution in [0.15, 0.2) is 59.8 Å². The van der Waals surface area contributed by atoms with Gasteiger partial charge in [-0.05, 0) is 30.5 Å². The fourth-order valence-corrected chi connectivity index (χ4v) is 6.08. The second-order valence-electron chi connectivity index (χ2n) is 8.01. The average Bonchev–Trinajstić information content (AvgIpc) is 3.43. The van der Waals surface area contributed by atoms with Crippen molar-refractivity contribution in [1.29, 1.82) is 0 Å². The van der Waals surface area contributed by atoms with Crippen LogP contribution >= 0.6 is 11.6 Å². The van der Waals surface area contributed by atoms with Crippen molar-refractivity contribution in [1.82, 2.24) is 0 Å². The van der Waals surface area contributed by atoms with Crippen LogP contribution in [-0.4, -0.2) is 23.6 Å². The Morgan fingerprint density at radius 3 is 2.32 bits per heavy atom. The normalized spacial score (nSPS) is 35.0. The average molecular weight is 393 g/mol. The van der Waals surface area contributed by atoms with Gasteiger partial charge in [0.05, 0.1) is 23.2 Å². The molecule has 2 heterocycles. The first-order chi connectivity index (χ1) is 13.7. The number of oxime groups is 1. The lowest BCUT2D eigenvalue weighted by Crippen LogP contribution is -2.41. The van der Waals surface area contributed by atoms with Crippen molar-refractivity contribution >= 4 is 34.8 Å². The van der Waals surface area contributed by atoms with Crippen LogP contribution < -0.4 is 4.90 Å². The van der Waals surface area contributed by atoms with Crippen LogP contribution in [-0.2, 0) is 14.4 Å². The van der Waals surface area contributed by atoms with Gasteiger partial charge in [0.25, 0.3) is 0 Å². The summed E-state index contributed by atoms with van der Waals surface area (Å²) in [6, 6.07) is 16.8. The van der Waals surface area contributed by atoms with Crippen molar-refractivity contribution in [3.63, 3.8) is 0 Å². The molecule has 3 fully saturated rings. The van der Waals surface area contributed by atoms with Crippen LogP contribution in [0.3, 0.4) is 0 Å². The summed E-state index contributed by atoms with van der Waals surface area (Å²) in [5.74, 6) is -0.692. The summed E-state index contributed by atoms with van der Waals surface area (Å²) in [7, 11) is 0. The van der Waals surface area contributed by atoms with Crippen LogP contribution in [0.1, 0.15) is 12.0 Å². The third-order valence-corrected chi connectivity index (χ3v) is 7.18. The third-order valence-electron chi connectivity index (χ3n) is 6.85. The number of anilines is 1. The lowest BCUT2D eigenvalue weighted by molar-refractivity contribution is -0.125. The highest BCUT2D eigenvalue weighted by Crippen LogP contribution is 2.62. The van der Waals surface area contributed by atoms with Crippen molar-refractivity contribution in [3.8, 4) is 0 Å². The number of carbonyl (C=O) groups excluding carboxylic acids is 2. The number of para-hydroxylation sites is 1. The Balaban J connectivity index is 1.38. The van der Waals surface area contributed by atoms with Crippen molar-refractivity contribution in [2.24, 2.45) is 34.7 Å². The molecule has 2 aliphatic carbocycles. The highest BCUT2D eigenvalue weighted by atomic mass is 35.5. The molecule has 0 N–H and O–H groups in total. The topological polar surface area (TPSA) is 59.0 Å². The molecular formula is C22H17ClN2O3. The molecule has 2 aliphatic heterocycles. The Morgan fingerprint density at radius 1 is 0.893 bits per heavy atom. The lowest BCUT2D eigenvalue weighted by Gasteiger charge is -2.30. The summed E-state index contributed by atoms with van der Waals surface area (Å²) in [6.07, 6.45) is 0.679. The van der Waals surface area contributed by atoms with Crippen molar-refractivity contribution in [3.05, 3.63) is 65.2 Å². The highest BCUT2D eigenvalue weighted by molar-refractivity contribution is 6.34. The first kappa shape index (κ1) is 16.3. The fraction of sp³-hybridized carbons (Fsp3) is 0.318. The minimum Gasteiger partial charge on any atom is -0.391 e. The van der Waals surface area contributed by atoms with E-state index in [1.54, 1.807) is 0 Å². The number of hydrogen-bond donors (Lipinski definition) is 0. The van der Waals surface area contributed by atoms with Gasteiger partial charge in [-0.2, -0.15) is 0 Å². The van der Waals surface area contributed by atoms with Gasteiger partial charge in [-0.1, -0.05) is 53.2 Å². The van der Waals surface area contributed by atoms with E-state index in [9.17, 15) is 9.59 Å². The van der Waals surface area contributed by atoms with E-state index in [0.717, 1.165) is 17.7 Å². The van der Waals surface area contributed by atoms with Gasteiger partial charge < -0.3 is 4.84 Å². The van der Waals surface area contributed by atoms with Gasteiger partial charge in [0.2, 0.25) is 11.8 Å². The zero-order chi connectivity index (χ0) is 19.0. The Labute approximate surface area is 166 Å². The second kappa shape index (κ2) is 5.67. The standard InChI is InChI=1S/C22H17ClN2O3/c23-15-9-5-4-8-12(15)19-18-13-10-14(20(18)28-24-19)17-16(13)21(26)25(22(17)27)11-6-2-1-3-7-11/h1-9,13-14,16-18,20H,10H2/t13-,14-,16+,17-,18-,20+/m0/s1. The van der Waals surface area contributed by atoms with Crippen molar-refractivity contribution < 1.29 is 14.4 Å². The number of amides is 2. The molecule has 0 unspecified atom stereocenters. The molecule has 140 valence electrons. The van der Waals surface area contributed by atoms with Gasteiger partial charge in [-0.25, -0.2) is 0 Å². The maximum absolute atomic E-state index is 13.3.